The molecule has 0 aliphatic heterocycles. The van der Waals surface area contributed by atoms with Crippen molar-refractivity contribution in [3.8, 4) is 10.7 Å². The fourth-order valence-electron chi connectivity index (χ4n) is 3.08. The molecule has 134 valence electrons. The molecule has 2 heterocycles. The third kappa shape index (κ3) is 3.35. The van der Waals surface area contributed by atoms with E-state index in [9.17, 15) is 4.79 Å². The summed E-state index contributed by atoms with van der Waals surface area (Å²) >= 11 is 3.17. The molecule has 26 heavy (non-hydrogen) atoms. The average molecular weight is 384 g/mol. The summed E-state index contributed by atoms with van der Waals surface area (Å²) in [6.45, 7) is 6.14. The van der Waals surface area contributed by atoms with Gasteiger partial charge in [-0.2, -0.15) is 0 Å². The van der Waals surface area contributed by atoms with E-state index in [-0.39, 0.29) is 5.78 Å². The molecule has 1 fully saturated rings. The number of aryl methyl sites for hydroxylation is 3. The number of hydrogen-bond acceptors (Lipinski definition) is 5. The quantitative estimate of drug-likeness (QED) is 0.431. The van der Waals surface area contributed by atoms with E-state index < -0.39 is 0 Å². The number of ketones is 1. The largest absolute Gasteiger partial charge is 0.298 e. The van der Waals surface area contributed by atoms with Gasteiger partial charge in [-0.1, -0.05) is 23.9 Å². The first-order valence-electron chi connectivity index (χ1n) is 8.77. The molecule has 1 saturated carbocycles. The minimum atomic E-state index is 0.152. The lowest BCUT2D eigenvalue weighted by Crippen LogP contribution is -2.07. The second-order valence-electron chi connectivity index (χ2n) is 6.85. The van der Waals surface area contributed by atoms with Crippen LogP contribution in [0, 0.1) is 20.8 Å². The molecule has 4 rings (SSSR count). The van der Waals surface area contributed by atoms with Gasteiger partial charge in [0.15, 0.2) is 16.8 Å². The third-order valence-corrected chi connectivity index (χ3v) is 6.60. The van der Waals surface area contributed by atoms with E-state index in [0.29, 0.717) is 11.8 Å². The topological polar surface area (TPSA) is 47.8 Å². The first-order chi connectivity index (χ1) is 12.5. The number of thiophene rings is 1. The van der Waals surface area contributed by atoms with Crippen LogP contribution in [-0.4, -0.2) is 26.3 Å². The molecule has 1 aliphatic carbocycles. The predicted octanol–water partition coefficient (Wildman–Crippen LogP) is 5.24. The summed E-state index contributed by atoms with van der Waals surface area (Å²) in [6, 6.07) is 8.68. The highest BCUT2D eigenvalue weighted by Gasteiger charge is 2.30. The van der Waals surface area contributed by atoms with E-state index in [4.69, 9.17) is 0 Å². The maximum absolute atomic E-state index is 12.8. The zero-order valence-corrected chi connectivity index (χ0v) is 16.8. The van der Waals surface area contributed by atoms with Crippen molar-refractivity contribution >= 4 is 28.9 Å². The molecule has 0 bridgehead atoms. The van der Waals surface area contributed by atoms with Crippen molar-refractivity contribution in [1.82, 2.24) is 14.8 Å². The minimum Gasteiger partial charge on any atom is -0.298 e. The number of Topliss-reactive ketones (excluding diaryl/α,β-unsaturated/α-hetero) is 1. The summed E-state index contributed by atoms with van der Waals surface area (Å²) in [7, 11) is 0. The minimum absolute atomic E-state index is 0.152. The average Bonchev–Trinajstić information content (AvgIpc) is 3.14. The van der Waals surface area contributed by atoms with E-state index >= 15 is 0 Å². The summed E-state index contributed by atoms with van der Waals surface area (Å²) in [4.78, 5) is 13.9. The Labute approximate surface area is 161 Å². The summed E-state index contributed by atoms with van der Waals surface area (Å²) < 4.78 is 2.22. The van der Waals surface area contributed by atoms with Gasteiger partial charge in [0.25, 0.3) is 0 Å². The van der Waals surface area contributed by atoms with E-state index in [1.165, 1.54) is 17.3 Å². The second kappa shape index (κ2) is 7.00. The Morgan fingerprint density at radius 2 is 1.96 bits per heavy atom. The van der Waals surface area contributed by atoms with Crippen LogP contribution in [0.5, 0.6) is 0 Å². The Bertz CT molecular complexity index is 956. The molecule has 0 amide bonds. The summed E-state index contributed by atoms with van der Waals surface area (Å²) in [5.41, 5.74) is 4.24. The Balaban J connectivity index is 1.55. The fourth-order valence-corrected chi connectivity index (χ4v) is 4.67. The molecular formula is C20H21N3OS2. The maximum atomic E-state index is 12.8. The molecule has 4 nitrogen and oxygen atoms in total. The van der Waals surface area contributed by atoms with Gasteiger partial charge < -0.3 is 0 Å². The molecule has 0 atom stereocenters. The molecule has 1 aliphatic rings. The standard InChI is InChI=1S/C20H21N3OS2/c1-12-9-14(3)16(10-13(12)2)17(24)11-26-20-22-21-19(18-5-4-8-25-18)23(20)15-6-7-15/h4-5,8-10,15H,6-7,11H2,1-3H3. The smallest absolute Gasteiger partial charge is 0.192 e. The third-order valence-electron chi connectivity index (χ3n) is 4.79. The van der Waals surface area contributed by atoms with Gasteiger partial charge in [0, 0.05) is 11.6 Å². The lowest BCUT2D eigenvalue weighted by Gasteiger charge is -2.10. The Morgan fingerprint density at radius 1 is 1.19 bits per heavy atom. The van der Waals surface area contributed by atoms with E-state index in [2.05, 4.69) is 46.1 Å². The summed E-state index contributed by atoms with van der Waals surface area (Å²) in [6.07, 6.45) is 2.32. The van der Waals surface area contributed by atoms with Crippen LogP contribution in [0.4, 0.5) is 0 Å². The molecule has 0 unspecified atom stereocenters. The van der Waals surface area contributed by atoms with Crippen molar-refractivity contribution < 1.29 is 4.79 Å². The Morgan fingerprint density at radius 3 is 2.65 bits per heavy atom. The highest BCUT2D eigenvalue weighted by Crippen LogP contribution is 2.41. The van der Waals surface area contributed by atoms with Gasteiger partial charge in [-0.3, -0.25) is 9.36 Å². The van der Waals surface area contributed by atoms with Crippen LogP contribution < -0.4 is 0 Å². The van der Waals surface area contributed by atoms with Crippen LogP contribution in [0.3, 0.4) is 0 Å². The summed E-state index contributed by atoms with van der Waals surface area (Å²) in [5, 5.41) is 11.7. The van der Waals surface area contributed by atoms with Gasteiger partial charge >= 0.3 is 0 Å². The van der Waals surface area contributed by atoms with Gasteiger partial charge in [0.2, 0.25) is 0 Å². The number of carbonyl (C=O) groups is 1. The molecule has 0 N–H and O–H groups in total. The number of hydrogen-bond donors (Lipinski definition) is 0. The molecular weight excluding hydrogens is 362 g/mol. The monoisotopic (exact) mass is 383 g/mol. The summed E-state index contributed by atoms with van der Waals surface area (Å²) in [5.74, 6) is 1.47. The van der Waals surface area contributed by atoms with Gasteiger partial charge in [-0.05, 0) is 67.8 Å². The van der Waals surface area contributed by atoms with Crippen molar-refractivity contribution in [1.29, 1.82) is 0 Å². The molecule has 0 spiro atoms. The highest BCUT2D eigenvalue weighted by molar-refractivity contribution is 7.99. The van der Waals surface area contributed by atoms with Crippen molar-refractivity contribution in [3.05, 3.63) is 51.9 Å². The van der Waals surface area contributed by atoms with Gasteiger partial charge in [-0.15, -0.1) is 21.5 Å². The number of aromatic nitrogens is 3. The maximum Gasteiger partial charge on any atom is 0.192 e. The molecule has 0 radical (unpaired) electrons. The van der Waals surface area contributed by atoms with E-state index in [0.717, 1.165) is 45.4 Å². The van der Waals surface area contributed by atoms with Crippen LogP contribution >= 0.6 is 23.1 Å². The zero-order valence-electron chi connectivity index (χ0n) is 15.2. The van der Waals surface area contributed by atoms with Gasteiger partial charge in [-0.25, -0.2) is 0 Å². The molecule has 2 aromatic heterocycles. The zero-order chi connectivity index (χ0) is 18.3. The van der Waals surface area contributed by atoms with E-state index in [1.807, 2.05) is 19.1 Å². The fraction of sp³-hybridized carbons (Fsp3) is 0.350. The highest BCUT2D eigenvalue weighted by atomic mass is 32.2. The van der Waals surface area contributed by atoms with Crippen molar-refractivity contribution in [3.63, 3.8) is 0 Å². The van der Waals surface area contributed by atoms with E-state index in [1.54, 1.807) is 11.3 Å². The number of nitrogens with zero attached hydrogens (tertiary/aromatic N) is 3. The normalized spacial score (nSPS) is 14.0. The Hall–Kier alpha value is -1.92. The van der Waals surface area contributed by atoms with Crippen LogP contribution in [0.1, 0.15) is 45.9 Å². The number of thioether (sulfide) groups is 1. The first kappa shape index (κ1) is 17.5. The molecule has 0 saturated heterocycles. The van der Waals surface area contributed by atoms with Gasteiger partial charge in [0.05, 0.1) is 10.6 Å². The predicted molar refractivity (Wildman–Crippen MR) is 107 cm³/mol. The Kier molecular flexibility index (Phi) is 4.71. The number of benzene rings is 1. The first-order valence-corrected chi connectivity index (χ1v) is 10.6. The second-order valence-corrected chi connectivity index (χ2v) is 8.74. The number of carbonyl (C=O) groups excluding carboxylic acids is 1. The molecule has 3 aromatic rings. The molecule has 1 aromatic carbocycles. The van der Waals surface area contributed by atoms with Crippen molar-refractivity contribution in [2.75, 3.05) is 5.75 Å². The van der Waals surface area contributed by atoms with Crippen molar-refractivity contribution in [2.24, 2.45) is 0 Å². The lowest BCUT2D eigenvalue weighted by atomic mass is 9.99. The number of rotatable bonds is 6. The lowest BCUT2D eigenvalue weighted by molar-refractivity contribution is 0.102. The van der Waals surface area contributed by atoms with Crippen LogP contribution in [0.25, 0.3) is 10.7 Å². The van der Waals surface area contributed by atoms with Crippen LogP contribution in [0.15, 0.2) is 34.8 Å². The van der Waals surface area contributed by atoms with Gasteiger partial charge in [0.1, 0.15) is 0 Å². The van der Waals surface area contributed by atoms with Crippen molar-refractivity contribution in [2.45, 2.75) is 44.8 Å². The van der Waals surface area contributed by atoms with Crippen LogP contribution in [0.2, 0.25) is 0 Å². The molecule has 6 heteroatoms. The van der Waals surface area contributed by atoms with Crippen LogP contribution in [-0.2, 0) is 0 Å². The SMILES string of the molecule is Cc1cc(C)c(C(=O)CSc2nnc(-c3cccs3)n2C2CC2)cc1C.